The topological polar surface area (TPSA) is 23.8 Å². The van der Waals surface area contributed by atoms with E-state index in [1.165, 1.54) is 94.8 Å². The van der Waals surface area contributed by atoms with E-state index in [2.05, 4.69) is 31.2 Å². The Hall–Kier alpha value is -1.88. The predicted molar refractivity (Wildman–Crippen MR) is 128 cm³/mol. The van der Waals surface area contributed by atoms with E-state index in [0.717, 1.165) is 30.1 Å². The highest BCUT2D eigenvalue weighted by Gasteiger charge is 2.31. The van der Waals surface area contributed by atoms with Crippen LogP contribution in [0.4, 0.5) is 4.39 Å². The lowest BCUT2D eigenvalue weighted by molar-refractivity contribution is 0.157. The summed E-state index contributed by atoms with van der Waals surface area (Å²) < 4.78 is 12.8. The Morgan fingerprint density at radius 1 is 1.00 bits per heavy atom. The van der Waals surface area contributed by atoms with E-state index in [9.17, 15) is 4.39 Å². The zero-order valence-corrected chi connectivity index (χ0v) is 19.4. The number of halogens is 1. The van der Waals surface area contributed by atoms with E-state index in [-0.39, 0.29) is 0 Å². The molecule has 1 aromatic rings. The standard InChI is InChI=1S/C29H40FN/c1-2-3-7-23-10-14-25(15-11-23)27-18-20-28(21-19-27)26-16-12-24(13-17-26)8-5-4-6-9-29(30)22-31/h4,6,9-11,14-15,24,26-28H,2-3,5,7-8,12-13,16-21H2,1H3. The molecule has 0 atom stereocenters. The Morgan fingerprint density at radius 3 is 2.26 bits per heavy atom. The summed E-state index contributed by atoms with van der Waals surface area (Å²) in [6, 6.07) is 11.0. The van der Waals surface area contributed by atoms with Gasteiger partial charge in [0.15, 0.2) is 5.83 Å². The van der Waals surface area contributed by atoms with Gasteiger partial charge in [-0.25, -0.2) is 0 Å². The van der Waals surface area contributed by atoms with Crippen molar-refractivity contribution in [3.05, 3.63) is 59.4 Å². The van der Waals surface area contributed by atoms with Crippen molar-refractivity contribution < 1.29 is 4.39 Å². The molecule has 1 nitrogen and oxygen atoms in total. The van der Waals surface area contributed by atoms with Crippen molar-refractivity contribution in [2.24, 2.45) is 17.8 Å². The summed E-state index contributed by atoms with van der Waals surface area (Å²) in [5.74, 6) is 2.78. The highest BCUT2D eigenvalue weighted by atomic mass is 19.1. The Labute approximate surface area is 189 Å². The summed E-state index contributed by atoms with van der Waals surface area (Å²) in [7, 11) is 0. The number of allylic oxidation sites excluding steroid dienone is 4. The molecule has 31 heavy (non-hydrogen) atoms. The van der Waals surface area contributed by atoms with Crippen LogP contribution in [0, 0.1) is 29.1 Å². The number of aryl methyl sites for hydroxylation is 1. The molecule has 0 aliphatic heterocycles. The second kappa shape index (κ2) is 12.8. The summed E-state index contributed by atoms with van der Waals surface area (Å²) in [5.41, 5.74) is 3.07. The zero-order valence-electron chi connectivity index (χ0n) is 19.4. The molecule has 2 fully saturated rings. The van der Waals surface area contributed by atoms with Crippen LogP contribution >= 0.6 is 0 Å². The summed E-state index contributed by atoms with van der Waals surface area (Å²) >= 11 is 0. The van der Waals surface area contributed by atoms with Crippen molar-refractivity contribution in [3.63, 3.8) is 0 Å². The van der Waals surface area contributed by atoms with Crippen LogP contribution in [0.15, 0.2) is 48.3 Å². The minimum absolute atomic E-state index is 0.713. The number of nitrogens with zero attached hydrogens (tertiary/aromatic N) is 1. The molecule has 0 amide bonds. The van der Waals surface area contributed by atoms with Gasteiger partial charge in [-0.2, -0.15) is 9.65 Å². The maximum atomic E-state index is 12.8. The van der Waals surface area contributed by atoms with E-state index in [1.807, 2.05) is 6.08 Å². The quantitative estimate of drug-likeness (QED) is 0.288. The summed E-state index contributed by atoms with van der Waals surface area (Å²) in [6.45, 7) is 2.26. The smallest absolute Gasteiger partial charge is 0.195 e. The van der Waals surface area contributed by atoms with E-state index in [4.69, 9.17) is 5.26 Å². The Morgan fingerprint density at radius 2 is 1.65 bits per heavy atom. The zero-order chi connectivity index (χ0) is 21.9. The molecule has 0 saturated heterocycles. The third-order valence-electron chi connectivity index (χ3n) is 7.83. The average Bonchev–Trinajstić information content (AvgIpc) is 2.83. The van der Waals surface area contributed by atoms with Crippen molar-refractivity contribution in [2.75, 3.05) is 0 Å². The molecule has 0 radical (unpaired) electrons. The Bertz CT molecular complexity index is 738. The van der Waals surface area contributed by atoms with Crippen molar-refractivity contribution in [3.8, 4) is 6.07 Å². The first-order chi connectivity index (χ1) is 15.2. The lowest BCUT2D eigenvalue weighted by Gasteiger charge is -2.38. The molecule has 1 aromatic carbocycles. The molecule has 2 saturated carbocycles. The lowest BCUT2D eigenvalue weighted by Crippen LogP contribution is -2.25. The fraction of sp³-hybridized carbons (Fsp3) is 0.621. The van der Waals surface area contributed by atoms with Crippen molar-refractivity contribution in [2.45, 2.75) is 96.3 Å². The van der Waals surface area contributed by atoms with Gasteiger partial charge in [0.05, 0.1) is 0 Å². The van der Waals surface area contributed by atoms with Crippen LogP contribution in [0.1, 0.15) is 101 Å². The number of unbranched alkanes of at least 4 members (excludes halogenated alkanes) is 1. The molecule has 168 valence electrons. The third kappa shape index (κ3) is 7.64. The van der Waals surface area contributed by atoms with Crippen LogP contribution in [0.25, 0.3) is 0 Å². The van der Waals surface area contributed by atoms with Gasteiger partial charge in [0, 0.05) is 0 Å². The average molecular weight is 422 g/mol. The molecule has 0 bridgehead atoms. The van der Waals surface area contributed by atoms with Gasteiger partial charge in [-0.15, -0.1) is 0 Å². The summed E-state index contributed by atoms with van der Waals surface area (Å²) in [5, 5.41) is 8.41. The van der Waals surface area contributed by atoms with Crippen LogP contribution in [0.5, 0.6) is 0 Å². The molecule has 0 spiro atoms. The Balaban J connectivity index is 1.35. The van der Waals surface area contributed by atoms with Crippen LogP contribution in [-0.2, 0) is 6.42 Å². The van der Waals surface area contributed by atoms with Gasteiger partial charge >= 0.3 is 0 Å². The number of nitriles is 1. The fourth-order valence-electron chi connectivity index (χ4n) is 5.83. The Kier molecular flexibility index (Phi) is 9.85. The van der Waals surface area contributed by atoms with Gasteiger partial charge in [-0.3, -0.25) is 0 Å². The molecule has 0 unspecified atom stereocenters. The molecule has 0 aromatic heterocycles. The third-order valence-corrected chi connectivity index (χ3v) is 7.83. The number of benzene rings is 1. The van der Waals surface area contributed by atoms with Crippen LogP contribution < -0.4 is 0 Å². The van der Waals surface area contributed by atoms with Crippen molar-refractivity contribution in [1.82, 2.24) is 0 Å². The minimum Gasteiger partial charge on any atom is -0.195 e. The highest BCUT2D eigenvalue weighted by Crippen LogP contribution is 2.44. The second-order valence-corrected chi connectivity index (χ2v) is 9.87. The molecule has 0 heterocycles. The summed E-state index contributed by atoms with van der Waals surface area (Å²) in [4.78, 5) is 0. The van der Waals surface area contributed by atoms with Crippen molar-refractivity contribution in [1.29, 1.82) is 5.26 Å². The van der Waals surface area contributed by atoms with E-state index in [1.54, 1.807) is 11.6 Å². The van der Waals surface area contributed by atoms with Gasteiger partial charge < -0.3 is 0 Å². The minimum atomic E-state index is -0.713. The predicted octanol–water partition coefficient (Wildman–Crippen LogP) is 8.82. The largest absolute Gasteiger partial charge is 0.199 e. The lowest BCUT2D eigenvalue weighted by atomic mass is 9.68. The van der Waals surface area contributed by atoms with Gasteiger partial charge in [-0.1, -0.05) is 62.6 Å². The first-order valence-electron chi connectivity index (χ1n) is 12.7. The SMILES string of the molecule is CCCCc1ccc(C2CCC(C3CCC(CCC=CC=C(F)C#N)CC3)CC2)cc1. The van der Waals surface area contributed by atoms with Crippen LogP contribution in [0.2, 0.25) is 0 Å². The van der Waals surface area contributed by atoms with Crippen LogP contribution in [-0.4, -0.2) is 0 Å². The second-order valence-electron chi connectivity index (χ2n) is 9.87. The summed E-state index contributed by atoms with van der Waals surface area (Å²) in [6.07, 6.45) is 22.0. The first kappa shape index (κ1) is 23.8. The molecule has 0 N–H and O–H groups in total. The van der Waals surface area contributed by atoms with Gasteiger partial charge in [-0.05, 0) is 105 Å². The molecule has 2 aliphatic carbocycles. The normalized spacial score (nSPS) is 27.3. The van der Waals surface area contributed by atoms with E-state index in [0.29, 0.717) is 0 Å². The van der Waals surface area contributed by atoms with Gasteiger partial charge in [0.2, 0.25) is 0 Å². The highest BCUT2D eigenvalue weighted by molar-refractivity contribution is 5.26. The van der Waals surface area contributed by atoms with Crippen LogP contribution in [0.3, 0.4) is 0 Å². The van der Waals surface area contributed by atoms with Gasteiger partial charge in [0.1, 0.15) is 6.07 Å². The molecule has 2 heteroatoms. The molecule has 3 rings (SSSR count). The van der Waals surface area contributed by atoms with E-state index >= 15 is 0 Å². The number of hydrogen-bond donors (Lipinski definition) is 0. The first-order valence-corrected chi connectivity index (χ1v) is 12.7. The van der Waals surface area contributed by atoms with Gasteiger partial charge in [0.25, 0.3) is 0 Å². The maximum Gasteiger partial charge on any atom is 0.199 e. The molecular formula is C29H40FN. The molecular weight excluding hydrogens is 381 g/mol. The van der Waals surface area contributed by atoms with E-state index < -0.39 is 5.83 Å². The monoisotopic (exact) mass is 421 g/mol. The number of rotatable bonds is 9. The fourth-order valence-corrected chi connectivity index (χ4v) is 5.83. The maximum absolute atomic E-state index is 12.8. The number of hydrogen-bond acceptors (Lipinski definition) is 1. The van der Waals surface area contributed by atoms with Crippen molar-refractivity contribution >= 4 is 0 Å². The molecule has 2 aliphatic rings.